The minimum Gasteiger partial charge on any atom is -0.351 e. The molecular formula is C28H41N5O5S. The molecule has 2 aliphatic rings. The van der Waals surface area contributed by atoms with E-state index in [4.69, 9.17) is 10.7 Å². The number of amidine groups is 1. The molecule has 0 radical (unpaired) electrons. The molecule has 39 heavy (non-hydrogen) atoms. The number of primary amides is 1. The van der Waals surface area contributed by atoms with E-state index in [-0.39, 0.29) is 19.0 Å². The molecule has 214 valence electrons. The highest BCUT2D eigenvalue weighted by atomic mass is 32.2. The summed E-state index contributed by atoms with van der Waals surface area (Å²) < 4.78 is 27.6. The van der Waals surface area contributed by atoms with Gasteiger partial charge in [-0.15, -0.1) is 0 Å². The van der Waals surface area contributed by atoms with Gasteiger partial charge in [0.25, 0.3) is 5.91 Å². The first-order valence-electron chi connectivity index (χ1n) is 13.7. The van der Waals surface area contributed by atoms with Crippen LogP contribution >= 0.6 is 0 Å². The van der Waals surface area contributed by atoms with Gasteiger partial charge in [-0.05, 0) is 74.4 Å². The maximum atomic E-state index is 13.1. The number of sulfonamides is 1. The third kappa shape index (κ3) is 7.76. The Bertz CT molecular complexity index is 1210. The van der Waals surface area contributed by atoms with Crippen molar-refractivity contribution in [2.24, 2.45) is 10.7 Å². The number of anilines is 1. The van der Waals surface area contributed by atoms with E-state index in [1.54, 1.807) is 25.3 Å². The number of aliphatic imine (C=N–C) groups is 1. The largest absolute Gasteiger partial charge is 0.351 e. The summed E-state index contributed by atoms with van der Waals surface area (Å²) in [5.41, 5.74) is 7.53. The third-order valence-electron chi connectivity index (χ3n) is 7.63. The molecule has 0 bridgehead atoms. The lowest BCUT2D eigenvalue weighted by atomic mass is 9.89. The van der Waals surface area contributed by atoms with Gasteiger partial charge in [-0.25, -0.2) is 13.2 Å². The standard InChI is InChI=1S/C28H41N5O5S/c1-21-19-23(32(3)27(29)36)20-22(2)24(21)12-18-39(37,38)33-15-13-28(14-16-33)26(35)30-25(31-28)11-9-7-5-4-6-8-10-17-34/h12,17-20H,4-11,13-16H2,1-3H3,(H2,29,36)(H,30,31,35). The predicted molar refractivity (Wildman–Crippen MR) is 154 cm³/mol. The molecule has 0 aliphatic carbocycles. The zero-order chi connectivity index (χ0) is 28.6. The van der Waals surface area contributed by atoms with Crippen LogP contribution < -0.4 is 16.0 Å². The molecule has 1 saturated heterocycles. The second-order valence-electron chi connectivity index (χ2n) is 10.5. The molecule has 0 saturated carbocycles. The van der Waals surface area contributed by atoms with Gasteiger partial charge in [-0.3, -0.25) is 14.7 Å². The number of piperidine rings is 1. The lowest BCUT2D eigenvalue weighted by molar-refractivity contribution is -0.125. The fourth-order valence-electron chi connectivity index (χ4n) is 5.16. The molecule has 3 N–H and O–H groups in total. The van der Waals surface area contributed by atoms with E-state index < -0.39 is 21.6 Å². The van der Waals surface area contributed by atoms with Gasteiger partial charge in [0.05, 0.1) is 0 Å². The highest BCUT2D eigenvalue weighted by molar-refractivity contribution is 7.92. The highest BCUT2D eigenvalue weighted by Crippen LogP contribution is 2.32. The summed E-state index contributed by atoms with van der Waals surface area (Å²) >= 11 is 0. The molecule has 3 amide bonds. The first kappa shape index (κ1) is 30.5. The number of rotatable bonds is 13. The monoisotopic (exact) mass is 559 g/mol. The predicted octanol–water partition coefficient (Wildman–Crippen LogP) is 3.80. The highest BCUT2D eigenvalue weighted by Gasteiger charge is 2.46. The van der Waals surface area contributed by atoms with E-state index >= 15 is 0 Å². The number of nitrogens with zero attached hydrogens (tertiary/aromatic N) is 3. The van der Waals surface area contributed by atoms with Crippen LogP contribution in [0.25, 0.3) is 6.08 Å². The molecule has 1 aromatic rings. The van der Waals surface area contributed by atoms with Crippen molar-refractivity contribution in [1.29, 1.82) is 0 Å². The molecule has 1 fully saturated rings. The zero-order valence-electron chi connectivity index (χ0n) is 23.2. The molecule has 11 heteroatoms. The molecule has 1 aromatic carbocycles. The lowest BCUT2D eigenvalue weighted by Crippen LogP contribution is -2.50. The SMILES string of the molecule is Cc1cc(N(C)C(N)=O)cc(C)c1C=CS(=O)(=O)N1CCC2(CC1)N=C(CCCCCCCCC=O)NC2=O. The van der Waals surface area contributed by atoms with Crippen LogP contribution in [0.15, 0.2) is 22.5 Å². The van der Waals surface area contributed by atoms with Crippen LogP contribution in [-0.2, 0) is 19.6 Å². The van der Waals surface area contributed by atoms with Gasteiger partial charge in [0.2, 0.25) is 10.0 Å². The molecule has 3 rings (SSSR count). The Labute approximate surface area is 231 Å². The first-order valence-corrected chi connectivity index (χ1v) is 15.2. The Balaban J connectivity index is 1.55. The Kier molecular flexibility index (Phi) is 10.4. The number of nitrogens with two attached hydrogens (primary N) is 1. The van der Waals surface area contributed by atoms with Crippen LogP contribution in [0.3, 0.4) is 0 Å². The smallest absolute Gasteiger partial charge is 0.318 e. The number of nitrogens with one attached hydrogen (secondary N) is 1. The van der Waals surface area contributed by atoms with Crippen LogP contribution in [0.4, 0.5) is 10.5 Å². The van der Waals surface area contributed by atoms with E-state index in [0.29, 0.717) is 37.2 Å². The van der Waals surface area contributed by atoms with Crippen molar-refractivity contribution < 1.29 is 22.8 Å². The van der Waals surface area contributed by atoms with Gasteiger partial charge in [-0.1, -0.05) is 25.7 Å². The number of carbonyl (C=O) groups is 3. The summed E-state index contributed by atoms with van der Waals surface area (Å²) in [6.45, 7) is 4.15. The van der Waals surface area contributed by atoms with E-state index in [9.17, 15) is 22.8 Å². The van der Waals surface area contributed by atoms with Crippen molar-refractivity contribution in [3.8, 4) is 0 Å². The fraction of sp³-hybridized carbons (Fsp3) is 0.571. The van der Waals surface area contributed by atoms with Crippen molar-refractivity contribution in [2.45, 2.75) is 83.6 Å². The topological polar surface area (TPSA) is 142 Å². The molecule has 2 aliphatic heterocycles. The summed E-state index contributed by atoms with van der Waals surface area (Å²) in [5, 5.41) is 4.13. The Morgan fingerprint density at radius 3 is 2.28 bits per heavy atom. The van der Waals surface area contributed by atoms with Crippen molar-refractivity contribution in [3.63, 3.8) is 0 Å². The average Bonchev–Trinajstić information content (AvgIpc) is 3.18. The van der Waals surface area contributed by atoms with Gasteiger partial charge in [0, 0.05) is 44.1 Å². The minimum absolute atomic E-state index is 0.133. The van der Waals surface area contributed by atoms with Crippen LogP contribution in [-0.4, -0.2) is 62.5 Å². The number of aldehydes is 1. The molecule has 10 nitrogen and oxygen atoms in total. The van der Waals surface area contributed by atoms with Crippen molar-refractivity contribution in [3.05, 3.63) is 34.2 Å². The molecule has 1 spiro atoms. The molecule has 0 aromatic heterocycles. The van der Waals surface area contributed by atoms with E-state index in [1.165, 1.54) is 14.6 Å². The zero-order valence-corrected chi connectivity index (χ0v) is 24.1. The number of hydrogen-bond acceptors (Lipinski definition) is 6. The quantitative estimate of drug-likeness (QED) is 0.279. The molecule has 2 heterocycles. The van der Waals surface area contributed by atoms with Gasteiger partial charge < -0.3 is 15.8 Å². The number of carbonyl (C=O) groups excluding carboxylic acids is 3. The van der Waals surface area contributed by atoms with Crippen molar-refractivity contribution in [2.75, 3.05) is 25.0 Å². The van der Waals surface area contributed by atoms with Crippen molar-refractivity contribution in [1.82, 2.24) is 9.62 Å². The molecule has 0 unspecified atom stereocenters. The summed E-state index contributed by atoms with van der Waals surface area (Å²) in [7, 11) is -2.11. The van der Waals surface area contributed by atoms with Crippen LogP contribution in [0.1, 0.15) is 80.9 Å². The average molecular weight is 560 g/mol. The second kappa shape index (κ2) is 13.3. The first-order chi connectivity index (χ1) is 18.5. The minimum atomic E-state index is -3.69. The van der Waals surface area contributed by atoms with E-state index in [2.05, 4.69) is 5.32 Å². The summed E-state index contributed by atoms with van der Waals surface area (Å²) in [6, 6.07) is 3.01. The molecular weight excluding hydrogens is 518 g/mol. The van der Waals surface area contributed by atoms with Gasteiger partial charge in [0.15, 0.2) is 0 Å². The van der Waals surface area contributed by atoms with Crippen LogP contribution in [0.2, 0.25) is 0 Å². The Hall–Kier alpha value is -3.05. The number of hydrogen-bond donors (Lipinski definition) is 2. The number of amides is 3. The second-order valence-corrected chi connectivity index (χ2v) is 12.3. The normalized spacial score (nSPS) is 17.4. The Morgan fingerprint density at radius 2 is 1.69 bits per heavy atom. The third-order valence-corrected chi connectivity index (χ3v) is 9.19. The number of benzene rings is 1. The number of aryl methyl sites for hydroxylation is 2. The number of unbranched alkanes of at least 4 members (excludes halogenated alkanes) is 6. The van der Waals surface area contributed by atoms with Crippen LogP contribution in [0, 0.1) is 13.8 Å². The maximum absolute atomic E-state index is 13.1. The Morgan fingerprint density at radius 1 is 1.10 bits per heavy atom. The summed E-state index contributed by atoms with van der Waals surface area (Å²) in [6.07, 6.45) is 10.8. The van der Waals surface area contributed by atoms with Gasteiger partial charge in [-0.2, -0.15) is 4.31 Å². The fourth-order valence-corrected chi connectivity index (χ4v) is 6.33. The van der Waals surface area contributed by atoms with E-state index in [1.807, 2.05) is 13.8 Å². The van der Waals surface area contributed by atoms with Gasteiger partial charge in [0.1, 0.15) is 17.7 Å². The number of urea groups is 1. The molecule has 0 atom stereocenters. The lowest BCUT2D eigenvalue weighted by Gasteiger charge is -2.34. The van der Waals surface area contributed by atoms with Gasteiger partial charge >= 0.3 is 6.03 Å². The summed E-state index contributed by atoms with van der Waals surface area (Å²) in [5.74, 6) is 0.569. The van der Waals surface area contributed by atoms with Crippen molar-refractivity contribution >= 4 is 45.8 Å². The van der Waals surface area contributed by atoms with E-state index in [0.717, 1.165) is 61.5 Å². The van der Waals surface area contributed by atoms with Crippen LogP contribution in [0.5, 0.6) is 0 Å². The maximum Gasteiger partial charge on any atom is 0.318 e. The summed E-state index contributed by atoms with van der Waals surface area (Å²) in [4.78, 5) is 40.7.